The monoisotopic (exact) mass is 324 g/mol. The van der Waals surface area contributed by atoms with Gasteiger partial charge in [-0.25, -0.2) is 9.37 Å². The number of hydrogen-bond donors (Lipinski definition) is 1. The molecule has 0 radical (unpaired) electrons. The topological polar surface area (TPSA) is 48.1 Å². The molecule has 0 amide bonds. The van der Waals surface area contributed by atoms with Crippen LogP contribution in [0.3, 0.4) is 0 Å². The second-order valence-corrected chi connectivity index (χ2v) is 5.05. The second-order valence-electron chi connectivity index (χ2n) is 4.27. The van der Waals surface area contributed by atoms with Crippen LogP contribution in [0.4, 0.5) is 10.2 Å². The molecule has 21 heavy (non-hydrogen) atoms. The largest absolute Gasteiger partial charge is 0.482 e. The molecule has 0 spiro atoms. The van der Waals surface area contributed by atoms with Gasteiger partial charge in [0.05, 0.1) is 5.02 Å². The van der Waals surface area contributed by atoms with Gasteiger partial charge in [0.2, 0.25) is 0 Å². The first-order valence-electron chi connectivity index (χ1n) is 5.96. The van der Waals surface area contributed by atoms with E-state index in [0.29, 0.717) is 16.1 Å². The molecule has 0 aliphatic rings. The molecular formula is C15H11Cl2FN2O. The summed E-state index contributed by atoms with van der Waals surface area (Å²) in [7, 11) is 0. The van der Waals surface area contributed by atoms with Crippen molar-refractivity contribution in [3.05, 3.63) is 51.4 Å². The summed E-state index contributed by atoms with van der Waals surface area (Å²) in [6, 6.07) is 4.17. The van der Waals surface area contributed by atoms with Crippen LogP contribution < -0.4 is 10.5 Å². The first-order valence-corrected chi connectivity index (χ1v) is 6.71. The summed E-state index contributed by atoms with van der Waals surface area (Å²) in [6.45, 7) is 1.68. The zero-order valence-corrected chi connectivity index (χ0v) is 12.5. The molecule has 0 bridgehead atoms. The van der Waals surface area contributed by atoms with Crippen LogP contribution in [0.25, 0.3) is 0 Å². The van der Waals surface area contributed by atoms with Gasteiger partial charge in [-0.3, -0.25) is 0 Å². The van der Waals surface area contributed by atoms with Crippen molar-refractivity contribution in [2.45, 2.75) is 13.0 Å². The van der Waals surface area contributed by atoms with Gasteiger partial charge in [-0.2, -0.15) is 0 Å². The van der Waals surface area contributed by atoms with Crippen molar-refractivity contribution in [2.75, 3.05) is 5.73 Å². The van der Waals surface area contributed by atoms with Gasteiger partial charge in [0.25, 0.3) is 0 Å². The van der Waals surface area contributed by atoms with Gasteiger partial charge in [0.1, 0.15) is 11.9 Å². The molecule has 2 N–H and O–H groups in total. The van der Waals surface area contributed by atoms with Crippen LogP contribution in [-0.2, 0) is 0 Å². The third kappa shape index (κ3) is 3.21. The first-order chi connectivity index (χ1) is 9.93. The number of nitrogen functional groups attached to an aromatic ring is 1. The molecule has 3 nitrogen and oxygen atoms in total. The van der Waals surface area contributed by atoms with Crippen molar-refractivity contribution < 1.29 is 9.13 Å². The molecule has 2 aromatic rings. The minimum Gasteiger partial charge on any atom is -0.482 e. The molecule has 1 heterocycles. The number of nitrogens with two attached hydrogens (primary N) is 1. The van der Waals surface area contributed by atoms with Crippen LogP contribution in [-0.4, -0.2) is 4.98 Å². The SMILES string of the molecule is C#Cc1cnc(N)c(OC(C)c2c(Cl)ccc(F)c2Cl)c1. The van der Waals surface area contributed by atoms with Crippen molar-refractivity contribution in [1.82, 2.24) is 4.98 Å². The highest BCUT2D eigenvalue weighted by Crippen LogP contribution is 2.35. The zero-order chi connectivity index (χ0) is 15.6. The highest BCUT2D eigenvalue weighted by Gasteiger charge is 2.19. The predicted octanol–water partition coefficient (Wildman–Crippen LogP) is 4.23. The van der Waals surface area contributed by atoms with Crippen LogP contribution in [0, 0.1) is 18.2 Å². The minimum absolute atomic E-state index is 0.0883. The fourth-order valence-electron chi connectivity index (χ4n) is 1.79. The Balaban J connectivity index is 2.37. The van der Waals surface area contributed by atoms with Crippen molar-refractivity contribution in [3.63, 3.8) is 0 Å². The summed E-state index contributed by atoms with van der Waals surface area (Å²) in [6.07, 6.45) is 6.13. The maximum absolute atomic E-state index is 13.5. The summed E-state index contributed by atoms with van der Waals surface area (Å²) in [5.41, 5.74) is 6.59. The summed E-state index contributed by atoms with van der Waals surface area (Å²) in [4.78, 5) is 3.93. The number of anilines is 1. The van der Waals surface area contributed by atoms with E-state index in [2.05, 4.69) is 10.9 Å². The van der Waals surface area contributed by atoms with Crippen molar-refractivity contribution in [1.29, 1.82) is 0 Å². The van der Waals surface area contributed by atoms with E-state index in [1.54, 1.807) is 13.0 Å². The Labute approximate surface area is 131 Å². The quantitative estimate of drug-likeness (QED) is 0.678. The standard InChI is InChI=1S/C15H11Cl2FN2O/c1-3-9-6-12(15(19)20-7-9)21-8(2)13-10(16)4-5-11(18)14(13)17/h1,4-8H,2H3,(H2,19,20). The molecule has 0 aliphatic heterocycles. The Morgan fingerprint density at radius 2 is 2.14 bits per heavy atom. The lowest BCUT2D eigenvalue weighted by Crippen LogP contribution is -2.08. The van der Waals surface area contributed by atoms with E-state index in [4.69, 9.17) is 40.1 Å². The summed E-state index contributed by atoms with van der Waals surface area (Å²) in [5.74, 6) is 2.31. The normalized spacial score (nSPS) is 11.8. The molecule has 1 atom stereocenters. The van der Waals surface area contributed by atoms with E-state index >= 15 is 0 Å². The third-order valence-electron chi connectivity index (χ3n) is 2.84. The number of nitrogens with zero attached hydrogens (tertiary/aromatic N) is 1. The summed E-state index contributed by atoms with van der Waals surface area (Å²) < 4.78 is 19.2. The average Bonchev–Trinajstić information content (AvgIpc) is 2.46. The number of halogens is 3. The Kier molecular flexibility index (Phi) is 4.56. The van der Waals surface area contributed by atoms with Crippen molar-refractivity contribution in [3.8, 4) is 18.1 Å². The molecule has 1 aromatic carbocycles. The molecule has 0 fully saturated rings. The lowest BCUT2D eigenvalue weighted by Gasteiger charge is -2.18. The van der Waals surface area contributed by atoms with E-state index in [0.717, 1.165) is 0 Å². The number of terminal acetylenes is 1. The molecular weight excluding hydrogens is 314 g/mol. The van der Waals surface area contributed by atoms with Crippen LogP contribution in [0.15, 0.2) is 24.4 Å². The van der Waals surface area contributed by atoms with Gasteiger partial charge in [-0.15, -0.1) is 6.42 Å². The van der Waals surface area contributed by atoms with Gasteiger partial charge >= 0.3 is 0 Å². The third-order valence-corrected chi connectivity index (χ3v) is 3.55. The number of benzene rings is 1. The van der Waals surface area contributed by atoms with Crippen LogP contribution in [0.5, 0.6) is 5.75 Å². The molecule has 2 rings (SSSR count). The van der Waals surface area contributed by atoms with Crippen LogP contribution in [0.1, 0.15) is 24.2 Å². The lowest BCUT2D eigenvalue weighted by molar-refractivity contribution is 0.227. The number of hydrogen-bond acceptors (Lipinski definition) is 3. The number of aromatic nitrogens is 1. The number of ether oxygens (including phenoxy) is 1. The van der Waals surface area contributed by atoms with E-state index in [1.807, 2.05) is 0 Å². The van der Waals surface area contributed by atoms with Gasteiger partial charge in [0, 0.05) is 28.4 Å². The fraction of sp³-hybridized carbons (Fsp3) is 0.133. The minimum atomic E-state index is -0.627. The maximum Gasteiger partial charge on any atom is 0.166 e. The fourth-order valence-corrected chi connectivity index (χ4v) is 2.47. The predicted molar refractivity (Wildman–Crippen MR) is 82.0 cm³/mol. The second kappa shape index (κ2) is 6.21. The van der Waals surface area contributed by atoms with E-state index in [1.165, 1.54) is 18.3 Å². The molecule has 1 unspecified atom stereocenters. The highest BCUT2D eigenvalue weighted by atomic mass is 35.5. The average molecular weight is 325 g/mol. The molecule has 0 saturated carbocycles. The number of pyridine rings is 1. The van der Waals surface area contributed by atoms with Crippen molar-refractivity contribution in [2.24, 2.45) is 0 Å². The van der Waals surface area contributed by atoms with Crippen molar-refractivity contribution >= 4 is 29.0 Å². The molecule has 6 heteroatoms. The Morgan fingerprint density at radius 3 is 2.81 bits per heavy atom. The van der Waals surface area contributed by atoms with Gasteiger partial charge in [0.15, 0.2) is 11.6 Å². The summed E-state index contributed by atoms with van der Waals surface area (Å²) in [5, 5.41) is 0.211. The highest BCUT2D eigenvalue weighted by molar-refractivity contribution is 6.36. The van der Waals surface area contributed by atoms with Gasteiger partial charge in [-0.05, 0) is 19.1 Å². The smallest absolute Gasteiger partial charge is 0.166 e. The molecule has 0 saturated heterocycles. The summed E-state index contributed by atoms with van der Waals surface area (Å²) >= 11 is 12.0. The molecule has 108 valence electrons. The van der Waals surface area contributed by atoms with Gasteiger partial charge in [-0.1, -0.05) is 29.1 Å². The van der Waals surface area contributed by atoms with E-state index in [9.17, 15) is 4.39 Å². The Bertz CT molecular complexity index is 728. The van der Waals surface area contributed by atoms with E-state index in [-0.39, 0.29) is 16.6 Å². The zero-order valence-electron chi connectivity index (χ0n) is 11.0. The first kappa shape index (κ1) is 15.4. The van der Waals surface area contributed by atoms with Crippen LogP contribution in [0.2, 0.25) is 10.0 Å². The Hall–Kier alpha value is -1.96. The molecule has 1 aromatic heterocycles. The van der Waals surface area contributed by atoms with Crippen LogP contribution >= 0.6 is 23.2 Å². The maximum atomic E-state index is 13.5. The Morgan fingerprint density at radius 1 is 1.43 bits per heavy atom. The lowest BCUT2D eigenvalue weighted by atomic mass is 10.1. The number of rotatable bonds is 3. The van der Waals surface area contributed by atoms with E-state index < -0.39 is 11.9 Å². The molecule has 0 aliphatic carbocycles. The van der Waals surface area contributed by atoms with Gasteiger partial charge < -0.3 is 10.5 Å².